The van der Waals surface area contributed by atoms with Crippen LogP contribution in [0.4, 0.5) is 15.8 Å². The summed E-state index contributed by atoms with van der Waals surface area (Å²) in [7, 11) is 0. The van der Waals surface area contributed by atoms with Gasteiger partial charge in [0, 0.05) is 11.8 Å². The molecule has 1 atom stereocenters. The van der Waals surface area contributed by atoms with Gasteiger partial charge in [0.2, 0.25) is 5.91 Å². The Kier molecular flexibility index (Phi) is 5.97. The second-order valence-electron chi connectivity index (χ2n) is 5.25. The summed E-state index contributed by atoms with van der Waals surface area (Å²) in [6.07, 6.45) is 1.05. The number of ether oxygens (including phenoxy) is 1. The van der Waals surface area contributed by atoms with Crippen molar-refractivity contribution in [2.75, 3.05) is 17.2 Å². The van der Waals surface area contributed by atoms with E-state index in [1.54, 1.807) is 12.1 Å². The Morgan fingerprint density at radius 2 is 2.00 bits per heavy atom. The third-order valence-corrected chi connectivity index (χ3v) is 3.35. The molecule has 0 heterocycles. The highest BCUT2D eigenvalue weighted by Gasteiger charge is 2.07. The van der Waals surface area contributed by atoms with Gasteiger partial charge >= 0.3 is 0 Å². The molecular formula is C18H21FN2O2. The maximum Gasteiger partial charge on any atom is 0.243 e. The fraction of sp³-hybridized carbons (Fsp3) is 0.278. The van der Waals surface area contributed by atoms with Gasteiger partial charge in [-0.3, -0.25) is 4.79 Å². The van der Waals surface area contributed by atoms with Gasteiger partial charge in [-0.15, -0.1) is 0 Å². The molecule has 4 nitrogen and oxygen atoms in total. The van der Waals surface area contributed by atoms with E-state index in [1.807, 2.05) is 31.2 Å². The van der Waals surface area contributed by atoms with E-state index in [0.717, 1.165) is 17.9 Å². The number of anilines is 2. The van der Waals surface area contributed by atoms with E-state index in [0.29, 0.717) is 0 Å². The topological polar surface area (TPSA) is 50.4 Å². The van der Waals surface area contributed by atoms with E-state index in [4.69, 9.17) is 4.74 Å². The van der Waals surface area contributed by atoms with Gasteiger partial charge in [-0.2, -0.15) is 0 Å². The fourth-order valence-corrected chi connectivity index (χ4v) is 1.93. The van der Waals surface area contributed by atoms with Crippen LogP contribution in [0.1, 0.15) is 20.3 Å². The summed E-state index contributed by atoms with van der Waals surface area (Å²) in [6.45, 7) is 4.10. The summed E-state index contributed by atoms with van der Waals surface area (Å²) >= 11 is 0. The van der Waals surface area contributed by atoms with Crippen LogP contribution < -0.4 is 15.4 Å². The molecule has 5 heteroatoms. The molecule has 2 rings (SSSR count). The smallest absolute Gasteiger partial charge is 0.243 e. The molecule has 0 aliphatic rings. The van der Waals surface area contributed by atoms with Crippen LogP contribution in [0.2, 0.25) is 0 Å². The van der Waals surface area contributed by atoms with Crippen LogP contribution in [0.15, 0.2) is 48.5 Å². The molecule has 0 aliphatic carbocycles. The molecule has 1 amide bonds. The number of halogens is 1. The maximum absolute atomic E-state index is 13.5. The van der Waals surface area contributed by atoms with Crippen molar-refractivity contribution in [3.63, 3.8) is 0 Å². The van der Waals surface area contributed by atoms with Crippen molar-refractivity contribution in [3.8, 4) is 5.75 Å². The quantitative estimate of drug-likeness (QED) is 0.810. The summed E-state index contributed by atoms with van der Waals surface area (Å²) < 4.78 is 19.2. The lowest BCUT2D eigenvalue weighted by molar-refractivity contribution is -0.114. The Morgan fingerprint density at radius 1 is 1.22 bits per heavy atom. The molecule has 0 bridgehead atoms. The zero-order chi connectivity index (χ0) is 16.7. The Morgan fingerprint density at radius 3 is 2.74 bits per heavy atom. The van der Waals surface area contributed by atoms with E-state index in [9.17, 15) is 9.18 Å². The average Bonchev–Trinajstić information content (AvgIpc) is 2.55. The van der Waals surface area contributed by atoms with Crippen LogP contribution in [0, 0.1) is 5.82 Å². The summed E-state index contributed by atoms with van der Waals surface area (Å²) in [4.78, 5) is 11.9. The molecule has 0 aromatic heterocycles. The average molecular weight is 316 g/mol. The molecule has 122 valence electrons. The summed E-state index contributed by atoms with van der Waals surface area (Å²) in [5, 5.41) is 5.53. The molecule has 2 N–H and O–H groups in total. The standard InChI is InChI=1S/C18H21FN2O2/c1-3-13(2)23-15-8-6-7-14(11-15)20-12-18(22)21-17-10-5-4-9-16(17)19/h4-11,13,20H,3,12H2,1-2H3,(H,21,22). The fourth-order valence-electron chi connectivity index (χ4n) is 1.93. The monoisotopic (exact) mass is 316 g/mol. The van der Waals surface area contributed by atoms with Crippen molar-refractivity contribution >= 4 is 17.3 Å². The maximum atomic E-state index is 13.5. The lowest BCUT2D eigenvalue weighted by Crippen LogP contribution is -2.22. The van der Waals surface area contributed by atoms with Crippen LogP contribution in [0.5, 0.6) is 5.75 Å². The van der Waals surface area contributed by atoms with Gasteiger partial charge in [-0.25, -0.2) is 4.39 Å². The first-order valence-electron chi connectivity index (χ1n) is 7.63. The molecule has 2 aromatic rings. The highest BCUT2D eigenvalue weighted by Crippen LogP contribution is 2.19. The van der Waals surface area contributed by atoms with Crippen LogP contribution in [-0.2, 0) is 4.79 Å². The van der Waals surface area contributed by atoms with E-state index in [2.05, 4.69) is 17.6 Å². The minimum atomic E-state index is -0.454. The number of hydrogen-bond donors (Lipinski definition) is 2. The predicted octanol–water partition coefficient (Wildman–Crippen LogP) is 4.05. The lowest BCUT2D eigenvalue weighted by Gasteiger charge is -2.14. The van der Waals surface area contributed by atoms with Gasteiger partial charge < -0.3 is 15.4 Å². The highest BCUT2D eigenvalue weighted by atomic mass is 19.1. The van der Waals surface area contributed by atoms with Crippen molar-refractivity contribution in [1.29, 1.82) is 0 Å². The number of para-hydroxylation sites is 1. The molecular weight excluding hydrogens is 295 g/mol. The predicted molar refractivity (Wildman–Crippen MR) is 90.3 cm³/mol. The number of carbonyl (C=O) groups is 1. The van der Waals surface area contributed by atoms with Crippen LogP contribution in [0.25, 0.3) is 0 Å². The molecule has 0 saturated carbocycles. The number of rotatable bonds is 7. The third kappa shape index (κ3) is 5.29. The molecule has 0 saturated heterocycles. The number of amides is 1. The van der Waals surface area contributed by atoms with Crippen molar-refractivity contribution in [3.05, 3.63) is 54.3 Å². The Labute approximate surface area is 135 Å². The molecule has 0 radical (unpaired) electrons. The van der Waals surface area contributed by atoms with Gasteiger partial charge in [0.15, 0.2) is 0 Å². The zero-order valence-corrected chi connectivity index (χ0v) is 13.3. The Balaban J connectivity index is 1.89. The first-order chi connectivity index (χ1) is 11.1. The number of benzene rings is 2. The van der Waals surface area contributed by atoms with E-state index >= 15 is 0 Å². The first kappa shape index (κ1) is 16.8. The Hall–Kier alpha value is -2.56. The van der Waals surface area contributed by atoms with Crippen molar-refractivity contribution < 1.29 is 13.9 Å². The lowest BCUT2D eigenvalue weighted by atomic mass is 10.2. The van der Waals surface area contributed by atoms with Crippen LogP contribution >= 0.6 is 0 Å². The number of hydrogen-bond acceptors (Lipinski definition) is 3. The van der Waals surface area contributed by atoms with E-state index < -0.39 is 5.82 Å². The minimum Gasteiger partial charge on any atom is -0.491 e. The van der Waals surface area contributed by atoms with E-state index in [-0.39, 0.29) is 24.2 Å². The third-order valence-electron chi connectivity index (χ3n) is 3.35. The number of nitrogens with one attached hydrogen (secondary N) is 2. The molecule has 0 fully saturated rings. The molecule has 23 heavy (non-hydrogen) atoms. The molecule has 2 aromatic carbocycles. The van der Waals surface area contributed by atoms with E-state index in [1.165, 1.54) is 12.1 Å². The highest BCUT2D eigenvalue weighted by molar-refractivity contribution is 5.93. The normalized spacial score (nSPS) is 11.6. The zero-order valence-electron chi connectivity index (χ0n) is 13.3. The first-order valence-corrected chi connectivity index (χ1v) is 7.63. The molecule has 0 aliphatic heterocycles. The van der Waals surface area contributed by atoms with Gasteiger partial charge in [0.1, 0.15) is 11.6 Å². The second kappa shape index (κ2) is 8.17. The molecule has 1 unspecified atom stereocenters. The second-order valence-corrected chi connectivity index (χ2v) is 5.25. The van der Waals surface area contributed by atoms with Gasteiger partial charge in [-0.05, 0) is 37.6 Å². The summed E-state index contributed by atoms with van der Waals surface area (Å²) in [5.74, 6) is -0.0213. The van der Waals surface area contributed by atoms with Gasteiger partial charge in [0.05, 0.1) is 18.3 Å². The summed E-state index contributed by atoms with van der Waals surface area (Å²) in [5.41, 5.74) is 0.947. The van der Waals surface area contributed by atoms with Crippen molar-refractivity contribution in [2.45, 2.75) is 26.4 Å². The summed E-state index contributed by atoms with van der Waals surface area (Å²) in [6, 6.07) is 13.5. The Bertz CT molecular complexity index is 661. The van der Waals surface area contributed by atoms with Crippen molar-refractivity contribution in [2.24, 2.45) is 0 Å². The van der Waals surface area contributed by atoms with Gasteiger partial charge in [-0.1, -0.05) is 25.1 Å². The van der Waals surface area contributed by atoms with Crippen molar-refractivity contribution in [1.82, 2.24) is 0 Å². The van der Waals surface area contributed by atoms with Gasteiger partial charge in [0.25, 0.3) is 0 Å². The largest absolute Gasteiger partial charge is 0.491 e. The van der Waals surface area contributed by atoms with Crippen LogP contribution in [-0.4, -0.2) is 18.6 Å². The molecule has 0 spiro atoms. The minimum absolute atomic E-state index is 0.0428. The SMILES string of the molecule is CCC(C)Oc1cccc(NCC(=O)Nc2ccccc2F)c1. The number of carbonyl (C=O) groups excluding carboxylic acids is 1. The van der Waals surface area contributed by atoms with Crippen LogP contribution in [0.3, 0.4) is 0 Å².